The van der Waals surface area contributed by atoms with E-state index in [1.165, 1.54) is 77.0 Å². The van der Waals surface area contributed by atoms with Crippen LogP contribution in [0, 0.1) is 5.92 Å². The van der Waals surface area contributed by atoms with Crippen molar-refractivity contribution in [3.8, 4) is 0 Å². The Hall–Kier alpha value is -0.260. The van der Waals surface area contributed by atoms with E-state index in [4.69, 9.17) is 0 Å². The molecule has 0 aromatic heterocycles. The van der Waals surface area contributed by atoms with Crippen LogP contribution in [0.1, 0.15) is 84.0 Å². The van der Waals surface area contributed by atoms with Gasteiger partial charge in [-0.15, -0.1) is 0 Å². The van der Waals surface area contributed by atoms with Gasteiger partial charge in [0.25, 0.3) is 0 Å². The van der Waals surface area contributed by atoms with Gasteiger partial charge in [0.05, 0.1) is 0 Å². The second-order valence-corrected chi connectivity index (χ2v) is 5.40. The van der Waals surface area contributed by atoms with Crippen molar-refractivity contribution in [1.82, 2.24) is 0 Å². The van der Waals surface area contributed by atoms with Crippen LogP contribution >= 0.6 is 0 Å². The fraction of sp³-hybridized carbons (Fsp3) is 0.875. The van der Waals surface area contributed by atoms with Crippen LogP contribution in [0.2, 0.25) is 0 Å². The van der Waals surface area contributed by atoms with E-state index in [0.29, 0.717) is 0 Å². The van der Waals surface area contributed by atoms with Crippen molar-refractivity contribution < 1.29 is 0 Å². The molecule has 0 amide bonds. The minimum Gasteiger partial charge on any atom is -0.0885 e. The first-order chi connectivity index (χ1) is 7.93. The molecule has 0 aliphatic heterocycles. The summed E-state index contributed by atoms with van der Waals surface area (Å²) in [5.41, 5.74) is 0. The summed E-state index contributed by atoms with van der Waals surface area (Å²) in [7, 11) is 0. The molecule has 0 saturated heterocycles. The van der Waals surface area contributed by atoms with Gasteiger partial charge in [0.15, 0.2) is 0 Å². The Kier molecular flexibility index (Phi) is 8.57. The van der Waals surface area contributed by atoms with Crippen molar-refractivity contribution in [3.05, 3.63) is 12.2 Å². The van der Waals surface area contributed by atoms with Gasteiger partial charge in [0.2, 0.25) is 0 Å². The average molecular weight is 222 g/mol. The Bertz CT molecular complexity index is 165. The standard InChI is InChI=1S/C16H30/c1-2-3-4-5-6-7-8-9-10-11-13-16-14-12-15-16/h7-8,16H,2-6,9-15H2,1H3/b8-7-. The second kappa shape index (κ2) is 9.93. The molecule has 0 N–H and O–H groups in total. The van der Waals surface area contributed by atoms with Crippen LogP contribution in [0.25, 0.3) is 0 Å². The highest BCUT2D eigenvalue weighted by Crippen LogP contribution is 2.30. The van der Waals surface area contributed by atoms with Crippen molar-refractivity contribution in [2.24, 2.45) is 5.92 Å². The van der Waals surface area contributed by atoms with E-state index < -0.39 is 0 Å². The lowest BCUT2D eigenvalue weighted by molar-refractivity contribution is 0.288. The monoisotopic (exact) mass is 222 g/mol. The smallest absolute Gasteiger partial charge is 0.0351 e. The molecule has 0 nitrogen and oxygen atoms in total. The first-order valence-corrected chi connectivity index (χ1v) is 7.58. The highest BCUT2D eigenvalue weighted by atomic mass is 14.2. The van der Waals surface area contributed by atoms with Gasteiger partial charge in [-0.25, -0.2) is 0 Å². The zero-order chi connectivity index (χ0) is 11.5. The van der Waals surface area contributed by atoms with Gasteiger partial charge in [0, 0.05) is 0 Å². The first-order valence-electron chi connectivity index (χ1n) is 7.58. The summed E-state index contributed by atoms with van der Waals surface area (Å²) in [5.74, 6) is 1.11. The molecule has 0 atom stereocenters. The molecule has 0 spiro atoms. The molecule has 0 heterocycles. The predicted octanol–water partition coefficient (Wildman–Crippen LogP) is 5.87. The summed E-state index contributed by atoms with van der Waals surface area (Å²) in [5, 5.41) is 0. The van der Waals surface area contributed by atoms with Crippen molar-refractivity contribution in [2.45, 2.75) is 84.0 Å². The third kappa shape index (κ3) is 7.09. The van der Waals surface area contributed by atoms with E-state index >= 15 is 0 Å². The molecule has 1 rings (SSSR count). The van der Waals surface area contributed by atoms with E-state index in [1.54, 1.807) is 0 Å². The third-order valence-electron chi connectivity index (χ3n) is 3.85. The Morgan fingerprint density at radius 2 is 1.56 bits per heavy atom. The van der Waals surface area contributed by atoms with Gasteiger partial charge < -0.3 is 0 Å². The van der Waals surface area contributed by atoms with E-state index in [2.05, 4.69) is 19.1 Å². The zero-order valence-corrected chi connectivity index (χ0v) is 11.2. The number of hydrogen-bond donors (Lipinski definition) is 0. The highest BCUT2D eigenvalue weighted by molar-refractivity contribution is 4.81. The SMILES string of the molecule is CCCCCC/C=C\CCCCC1CCC1. The minimum atomic E-state index is 1.11. The molecule has 0 radical (unpaired) electrons. The zero-order valence-electron chi connectivity index (χ0n) is 11.2. The fourth-order valence-corrected chi connectivity index (χ4v) is 2.40. The van der Waals surface area contributed by atoms with Gasteiger partial charge in [-0.1, -0.05) is 70.4 Å². The summed E-state index contributed by atoms with van der Waals surface area (Å²) in [4.78, 5) is 0. The van der Waals surface area contributed by atoms with Crippen molar-refractivity contribution in [2.75, 3.05) is 0 Å². The summed E-state index contributed by atoms with van der Waals surface area (Å²) in [6, 6.07) is 0. The van der Waals surface area contributed by atoms with Crippen LogP contribution in [-0.4, -0.2) is 0 Å². The highest BCUT2D eigenvalue weighted by Gasteiger charge is 2.15. The van der Waals surface area contributed by atoms with E-state index in [-0.39, 0.29) is 0 Å². The van der Waals surface area contributed by atoms with Crippen LogP contribution in [-0.2, 0) is 0 Å². The normalized spacial score (nSPS) is 16.8. The maximum Gasteiger partial charge on any atom is -0.0351 e. The molecule has 0 heteroatoms. The molecule has 16 heavy (non-hydrogen) atoms. The lowest BCUT2D eigenvalue weighted by atomic mass is 9.82. The number of hydrogen-bond acceptors (Lipinski definition) is 0. The van der Waals surface area contributed by atoms with Crippen molar-refractivity contribution >= 4 is 0 Å². The maximum atomic E-state index is 2.41. The number of allylic oxidation sites excluding steroid dienone is 2. The van der Waals surface area contributed by atoms with Gasteiger partial charge in [0.1, 0.15) is 0 Å². The van der Waals surface area contributed by atoms with E-state index in [9.17, 15) is 0 Å². The molecule has 1 aliphatic rings. The Morgan fingerprint density at radius 1 is 0.875 bits per heavy atom. The van der Waals surface area contributed by atoms with Gasteiger partial charge in [-0.3, -0.25) is 0 Å². The third-order valence-corrected chi connectivity index (χ3v) is 3.85. The van der Waals surface area contributed by atoms with Crippen LogP contribution < -0.4 is 0 Å². The number of rotatable bonds is 10. The Labute approximate surface area is 103 Å². The van der Waals surface area contributed by atoms with Gasteiger partial charge in [-0.05, 0) is 31.6 Å². The van der Waals surface area contributed by atoms with Gasteiger partial charge >= 0.3 is 0 Å². The lowest BCUT2D eigenvalue weighted by Crippen LogP contribution is -2.10. The largest absolute Gasteiger partial charge is 0.0885 e. The molecule has 0 aromatic rings. The summed E-state index contributed by atoms with van der Waals surface area (Å²) < 4.78 is 0. The van der Waals surface area contributed by atoms with Crippen LogP contribution in [0.4, 0.5) is 0 Å². The van der Waals surface area contributed by atoms with E-state index in [1.807, 2.05) is 0 Å². The van der Waals surface area contributed by atoms with Crippen molar-refractivity contribution in [3.63, 3.8) is 0 Å². The summed E-state index contributed by atoms with van der Waals surface area (Å²) in [6.07, 6.45) is 21.9. The topological polar surface area (TPSA) is 0 Å². The Balaban J connectivity index is 1.73. The van der Waals surface area contributed by atoms with Gasteiger partial charge in [-0.2, -0.15) is 0 Å². The minimum absolute atomic E-state index is 1.11. The van der Waals surface area contributed by atoms with Crippen molar-refractivity contribution in [1.29, 1.82) is 0 Å². The Morgan fingerprint density at radius 3 is 2.12 bits per heavy atom. The molecule has 1 aliphatic carbocycles. The van der Waals surface area contributed by atoms with Crippen LogP contribution in [0.5, 0.6) is 0 Å². The molecule has 1 fully saturated rings. The molecule has 0 unspecified atom stereocenters. The maximum absolute atomic E-state index is 2.41. The predicted molar refractivity (Wildman–Crippen MR) is 73.7 cm³/mol. The second-order valence-electron chi connectivity index (χ2n) is 5.40. The fourth-order valence-electron chi connectivity index (χ4n) is 2.40. The molecular weight excluding hydrogens is 192 g/mol. The lowest BCUT2D eigenvalue weighted by Gasteiger charge is -2.24. The number of unbranched alkanes of at least 4 members (excludes halogenated alkanes) is 6. The molecular formula is C16H30. The van der Waals surface area contributed by atoms with Crippen LogP contribution in [0.3, 0.4) is 0 Å². The molecule has 0 bridgehead atoms. The summed E-state index contributed by atoms with van der Waals surface area (Å²) >= 11 is 0. The van der Waals surface area contributed by atoms with E-state index in [0.717, 1.165) is 5.92 Å². The average Bonchev–Trinajstić information content (AvgIpc) is 2.23. The quantitative estimate of drug-likeness (QED) is 0.320. The first kappa shape index (κ1) is 13.8. The molecule has 0 aromatic carbocycles. The molecule has 1 saturated carbocycles. The van der Waals surface area contributed by atoms with Crippen LogP contribution in [0.15, 0.2) is 12.2 Å². The summed E-state index contributed by atoms with van der Waals surface area (Å²) in [6.45, 7) is 2.28. The molecule has 94 valence electrons.